The Kier molecular flexibility index (Phi) is 8.00. The topological polar surface area (TPSA) is 105 Å². The molecule has 0 atom stereocenters. The quantitative estimate of drug-likeness (QED) is 0.283. The van der Waals surface area contributed by atoms with E-state index in [4.69, 9.17) is 5.11 Å². The number of carbonyl (C=O) groups excluding carboxylic acids is 1. The summed E-state index contributed by atoms with van der Waals surface area (Å²) in [4.78, 5) is 22.7. The first kappa shape index (κ1) is 22.0. The lowest BCUT2D eigenvalue weighted by atomic mass is 10.1. The lowest BCUT2D eigenvalue weighted by Crippen LogP contribution is -2.19. The van der Waals surface area contributed by atoms with Crippen molar-refractivity contribution in [1.82, 2.24) is 15.6 Å². The van der Waals surface area contributed by atoms with Gasteiger partial charge in [0.1, 0.15) is 0 Å². The van der Waals surface area contributed by atoms with E-state index in [1.54, 1.807) is 23.9 Å². The summed E-state index contributed by atoms with van der Waals surface area (Å²) in [6.45, 7) is 2.06. The Morgan fingerprint density at radius 3 is 2.40 bits per heavy atom. The number of hydrogen-bond donors (Lipinski definition) is 2. The van der Waals surface area contributed by atoms with Crippen molar-refractivity contribution in [3.8, 4) is 0 Å². The van der Waals surface area contributed by atoms with E-state index < -0.39 is 5.97 Å². The number of aromatic nitrogens is 2. The third-order valence-corrected chi connectivity index (χ3v) is 7.02. The standard InChI is InChI=1S/C20H18N4O3S3/c1-13-2-4-15(5-3-13)11-28-19-23-24-20(30-19)29-12-17(25)22-21-10-14-6-8-16(9-7-14)18(26)27/h2-10H,11-12H2,1H3,(H,22,25)(H,26,27)/b21-10-. The van der Waals surface area contributed by atoms with Gasteiger partial charge in [-0.2, -0.15) is 5.10 Å². The minimum atomic E-state index is -0.989. The predicted molar refractivity (Wildman–Crippen MR) is 121 cm³/mol. The number of amides is 1. The van der Waals surface area contributed by atoms with Crippen LogP contribution in [0.5, 0.6) is 0 Å². The Labute approximate surface area is 186 Å². The van der Waals surface area contributed by atoms with Crippen LogP contribution in [0.1, 0.15) is 27.0 Å². The van der Waals surface area contributed by atoms with Gasteiger partial charge < -0.3 is 5.11 Å². The zero-order chi connectivity index (χ0) is 21.3. The molecular weight excluding hydrogens is 440 g/mol. The van der Waals surface area contributed by atoms with Gasteiger partial charge in [-0.3, -0.25) is 4.79 Å². The van der Waals surface area contributed by atoms with E-state index >= 15 is 0 Å². The van der Waals surface area contributed by atoms with Crippen LogP contribution in [-0.2, 0) is 10.5 Å². The number of rotatable bonds is 9. The number of aromatic carboxylic acids is 1. The average molecular weight is 459 g/mol. The monoisotopic (exact) mass is 458 g/mol. The summed E-state index contributed by atoms with van der Waals surface area (Å²) in [6, 6.07) is 14.6. The van der Waals surface area contributed by atoms with Gasteiger partial charge >= 0.3 is 5.97 Å². The lowest BCUT2D eigenvalue weighted by molar-refractivity contribution is -0.118. The number of carbonyl (C=O) groups is 2. The number of nitrogens with zero attached hydrogens (tertiary/aromatic N) is 3. The molecule has 0 fully saturated rings. The first-order chi connectivity index (χ1) is 14.5. The molecule has 1 aromatic heterocycles. The van der Waals surface area contributed by atoms with E-state index in [0.29, 0.717) is 5.56 Å². The third kappa shape index (κ3) is 6.97. The van der Waals surface area contributed by atoms with Crippen LogP contribution < -0.4 is 5.43 Å². The molecule has 3 aromatic rings. The molecule has 154 valence electrons. The molecule has 30 heavy (non-hydrogen) atoms. The highest BCUT2D eigenvalue weighted by atomic mass is 32.2. The second-order valence-corrected chi connectivity index (χ2v) is 9.54. The fraction of sp³-hybridized carbons (Fsp3) is 0.150. The minimum Gasteiger partial charge on any atom is -0.478 e. The predicted octanol–water partition coefficient (Wildman–Crippen LogP) is 4.08. The SMILES string of the molecule is Cc1ccc(CSc2nnc(SCC(=O)N/N=C\c3ccc(C(=O)O)cc3)s2)cc1. The smallest absolute Gasteiger partial charge is 0.335 e. The molecule has 0 aliphatic rings. The summed E-state index contributed by atoms with van der Waals surface area (Å²) >= 11 is 4.38. The van der Waals surface area contributed by atoms with Crippen LogP contribution in [0.25, 0.3) is 0 Å². The highest BCUT2D eigenvalue weighted by Gasteiger charge is 2.09. The summed E-state index contributed by atoms with van der Waals surface area (Å²) in [6.07, 6.45) is 1.46. The Hall–Kier alpha value is -2.69. The molecule has 0 unspecified atom stereocenters. The molecule has 0 aliphatic heterocycles. The summed E-state index contributed by atoms with van der Waals surface area (Å²) in [5.74, 6) is -0.255. The molecule has 2 aromatic carbocycles. The molecule has 0 spiro atoms. The number of hydrazone groups is 1. The zero-order valence-corrected chi connectivity index (χ0v) is 18.4. The average Bonchev–Trinajstić information content (AvgIpc) is 3.20. The lowest BCUT2D eigenvalue weighted by Gasteiger charge is -1.99. The molecule has 3 rings (SSSR count). The van der Waals surface area contributed by atoms with E-state index in [0.717, 1.165) is 14.4 Å². The van der Waals surface area contributed by atoms with Gasteiger partial charge in [0, 0.05) is 5.75 Å². The number of hydrogen-bond acceptors (Lipinski definition) is 8. The number of carboxylic acid groups (broad SMARTS) is 1. The van der Waals surface area contributed by atoms with Crippen molar-refractivity contribution in [2.24, 2.45) is 5.10 Å². The molecule has 0 bridgehead atoms. The second-order valence-electron chi connectivity index (χ2n) is 6.12. The van der Waals surface area contributed by atoms with E-state index in [1.165, 1.54) is 52.6 Å². The van der Waals surface area contributed by atoms with Gasteiger partial charge in [0.2, 0.25) is 0 Å². The normalized spacial score (nSPS) is 11.0. The summed E-state index contributed by atoms with van der Waals surface area (Å²) in [5.41, 5.74) is 5.78. The van der Waals surface area contributed by atoms with Crippen LogP contribution in [0.3, 0.4) is 0 Å². The zero-order valence-electron chi connectivity index (χ0n) is 15.9. The Balaban J connectivity index is 1.40. The van der Waals surface area contributed by atoms with Crippen LogP contribution in [0, 0.1) is 6.92 Å². The number of aryl methyl sites for hydroxylation is 1. The maximum Gasteiger partial charge on any atom is 0.335 e. The summed E-state index contributed by atoms with van der Waals surface area (Å²) < 4.78 is 1.59. The molecule has 0 aliphatic carbocycles. The van der Waals surface area contributed by atoms with Gasteiger partial charge in [-0.25, -0.2) is 10.2 Å². The largest absolute Gasteiger partial charge is 0.478 e. The van der Waals surface area contributed by atoms with Crippen LogP contribution in [-0.4, -0.2) is 39.1 Å². The van der Waals surface area contributed by atoms with Crippen molar-refractivity contribution in [1.29, 1.82) is 0 Å². The van der Waals surface area contributed by atoms with Gasteiger partial charge in [0.25, 0.3) is 5.91 Å². The molecule has 7 nitrogen and oxygen atoms in total. The molecular formula is C20H18N4O3S3. The fourth-order valence-corrected chi connectivity index (χ4v) is 4.96. The van der Waals surface area contributed by atoms with Gasteiger partial charge in [-0.1, -0.05) is 76.8 Å². The van der Waals surface area contributed by atoms with Crippen molar-refractivity contribution in [2.45, 2.75) is 21.4 Å². The molecule has 10 heteroatoms. The van der Waals surface area contributed by atoms with Crippen LogP contribution in [0.2, 0.25) is 0 Å². The number of carboxylic acids is 1. The molecule has 2 N–H and O–H groups in total. The van der Waals surface area contributed by atoms with Crippen LogP contribution in [0.15, 0.2) is 62.3 Å². The first-order valence-corrected chi connectivity index (χ1v) is 11.6. The van der Waals surface area contributed by atoms with Gasteiger partial charge in [-0.05, 0) is 30.2 Å². The maximum absolute atomic E-state index is 11.9. The maximum atomic E-state index is 11.9. The summed E-state index contributed by atoms with van der Waals surface area (Å²) in [5, 5.41) is 21.0. The molecule has 0 saturated heterocycles. The van der Waals surface area contributed by atoms with Crippen molar-refractivity contribution < 1.29 is 14.7 Å². The third-order valence-electron chi connectivity index (χ3n) is 3.76. The fourth-order valence-electron chi connectivity index (χ4n) is 2.19. The molecule has 1 amide bonds. The van der Waals surface area contributed by atoms with Crippen LogP contribution >= 0.6 is 34.9 Å². The highest BCUT2D eigenvalue weighted by Crippen LogP contribution is 2.30. The van der Waals surface area contributed by atoms with Gasteiger partial charge in [0.15, 0.2) is 8.68 Å². The van der Waals surface area contributed by atoms with Gasteiger partial charge in [-0.15, -0.1) is 10.2 Å². The molecule has 0 saturated carbocycles. The van der Waals surface area contributed by atoms with E-state index in [-0.39, 0.29) is 17.2 Å². The Bertz CT molecular complexity index is 1030. The second kappa shape index (κ2) is 10.9. The van der Waals surface area contributed by atoms with E-state index in [1.807, 2.05) is 0 Å². The van der Waals surface area contributed by atoms with Crippen LogP contribution in [0.4, 0.5) is 0 Å². The van der Waals surface area contributed by atoms with Gasteiger partial charge in [0.05, 0.1) is 17.5 Å². The number of benzene rings is 2. The summed E-state index contributed by atoms with van der Waals surface area (Å²) in [7, 11) is 0. The highest BCUT2D eigenvalue weighted by molar-refractivity contribution is 8.03. The van der Waals surface area contributed by atoms with Crippen molar-refractivity contribution in [3.63, 3.8) is 0 Å². The number of nitrogens with one attached hydrogen (secondary N) is 1. The minimum absolute atomic E-state index is 0.173. The van der Waals surface area contributed by atoms with Crippen molar-refractivity contribution in [3.05, 3.63) is 70.8 Å². The molecule has 0 radical (unpaired) electrons. The van der Waals surface area contributed by atoms with Crippen molar-refractivity contribution in [2.75, 3.05) is 5.75 Å². The Morgan fingerprint density at radius 2 is 1.73 bits per heavy atom. The van der Waals surface area contributed by atoms with E-state index in [2.05, 4.69) is 51.9 Å². The van der Waals surface area contributed by atoms with E-state index in [9.17, 15) is 9.59 Å². The first-order valence-electron chi connectivity index (χ1n) is 8.79. The number of thioether (sulfide) groups is 2. The molecule has 1 heterocycles. The Morgan fingerprint density at radius 1 is 1.07 bits per heavy atom. The van der Waals surface area contributed by atoms with Crippen molar-refractivity contribution >= 4 is 53.0 Å².